The van der Waals surface area contributed by atoms with Gasteiger partial charge < -0.3 is 15.8 Å². The second-order valence-electron chi connectivity index (χ2n) is 4.66. The van der Waals surface area contributed by atoms with Crippen molar-refractivity contribution in [1.82, 2.24) is 10.3 Å². The molecule has 0 radical (unpaired) electrons. The molecule has 3 heterocycles. The molecule has 0 bridgehead atoms. The Bertz CT molecular complexity index is 625. The fraction of sp³-hybridized carbons (Fsp3) is 0.385. The van der Waals surface area contributed by atoms with Crippen LogP contribution < -0.4 is 11.1 Å². The van der Waals surface area contributed by atoms with Crippen molar-refractivity contribution in [2.24, 2.45) is 0 Å². The van der Waals surface area contributed by atoms with Gasteiger partial charge in [-0.1, -0.05) is 0 Å². The number of pyridine rings is 1. The van der Waals surface area contributed by atoms with Crippen molar-refractivity contribution in [3.8, 4) is 0 Å². The van der Waals surface area contributed by atoms with Crippen LogP contribution in [0.2, 0.25) is 0 Å². The minimum Gasteiger partial charge on any atom is -0.397 e. The molecule has 6 heteroatoms. The summed E-state index contributed by atoms with van der Waals surface area (Å²) in [6.07, 6.45) is 4.31. The monoisotopic (exact) mass is 277 g/mol. The topological polar surface area (TPSA) is 77.2 Å². The van der Waals surface area contributed by atoms with Gasteiger partial charge in [0.25, 0.3) is 5.91 Å². The van der Waals surface area contributed by atoms with Gasteiger partial charge in [-0.2, -0.15) is 0 Å². The molecule has 19 heavy (non-hydrogen) atoms. The van der Waals surface area contributed by atoms with Gasteiger partial charge in [0.15, 0.2) is 0 Å². The smallest absolute Gasteiger partial charge is 0.263 e. The second-order valence-corrected chi connectivity index (χ2v) is 5.71. The van der Waals surface area contributed by atoms with Gasteiger partial charge in [-0.15, -0.1) is 11.3 Å². The molecule has 0 spiro atoms. The van der Waals surface area contributed by atoms with Crippen molar-refractivity contribution >= 4 is 33.0 Å². The molecular formula is C13H15N3O2S. The molecule has 1 fully saturated rings. The first-order chi connectivity index (χ1) is 9.16. The van der Waals surface area contributed by atoms with E-state index >= 15 is 0 Å². The molecule has 3 N–H and O–H groups in total. The van der Waals surface area contributed by atoms with E-state index in [0.717, 1.165) is 16.5 Å². The molecule has 1 aliphatic rings. The van der Waals surface area contributed by atoms with Gasteiger partial charge in [-0.3, -0.25) is 9.78 Å². The molecule has 0 aliphatic carbocycles. The molecule has 5 nitrogen and oxygen atoms in total. The Morgan fingerprint density at radius 2 is 2.47 bits per heavy atom. The number of anilines is 1. The number of carbonyl (C=O) groups excluding carboxylic acids is 1. The zero-order valence-corrected chi connectivity index (χ0v) is 11.4. The Morgan fingerprint density at radius 1 is 1.63 bits per heavy atom. The van der Waals surface area contributed by atoms with E-state index in [1.54, 1.807) is 12.4 Å². The number of ether oxygens (including phenoxy) is 1. The summed E-state index contributed by atoms with van der Waals surface area (Å²) in [6, 6.07) is 1.90. The predicted molar refractivity (Wildman–Crippen MR) is 75.3 cm³/mol. The molecule has 2 unspecified atom stereocenters. The summed E-state index contributed by atoms with van der Waals surface area (Å²) in [5.41, 5.74) is 6.57. The van der Waals surface area contributed by atoms with Gasteiger partial charge in [0.05, 0.1) is 22.5 Å². The summed E-state index contributed by atoms with van der Waals surface area (Å²) in [4.78, 5) is 16.9. The quantitative estimate of drug-likeness (QED) is 0.877. The first-order valence-corrected chi connectivity index (χ1v) is 7.03. The number of nitrogens with two attached hydrogens (primary N) is 1. The van der Waals surface area contributed by atoms with Crippen LogP contribution >= 0.6 is 11.3 Å². The average Bonchev–Trinajstić information content (AvgIpc) is 2.95. The van der Waals surface area contributed by atoms with Crippen LogP contribution in [0.25, 0.3) is 10.1 Å². The highest BCUT2D eigenvalue weighted by Crippen LogP contribution is 2.32. The highest BCUT2D eigenvalue weighted by atomic mass is 32.1. The fourth-order valence-corrected chi connectivity index (χ4v) is 3.29. The molecule has 3 rings (SSSR count). The zero-order valence-electron chi connectivity index (χ0n) is 10.6. The number of carbonyl (C=O) groups is 1. The van der Waals surface area contributed by atoms with Gasteiger partial charge in [0, 0.05) is 24.4 Å². The van der Waals surface area contributed by atoms with E-state index in [1.807, 2.05) is 13.0 Å². The number of nitrogens with zero attached hydrogens (tertiary/aromatic N) is 1. The molecule has 1 saturated heterocycles. The standard InChI is InChI=1S/C13H15N3O2S/c1-7-9(3-5-18-7)16-13(17)12-11(14)8-2-4-15-6-10(8)19-12/h2,4,6-7,9H,3,5,14H2,1H3,(H,16,17). The lowest BCUT2D eigenvalue weighted by atomic mass is 10.1. The first-order valence-electron chi connectivity index (χ1n) is 6.21. The zero-order chi connectivity index (χ0) is 13.4. The number of hydrogen-bond donors (Lipinski definition) is 2. The van der Waals surface area contributed by atoms with Crippen LogP contribution in [0.5, 0.6) is 0 Å². The normalized spacial score (nSPS) is 22.8. The molecule has 2 atom stereocenters. The van der Waals surface area contributed by atoms with E-state index in [9.17, 15) is 4.79 Å². The third-order valence-electron chi connectivity index (χ3n) is 3.43. The number of nitrogens with one attached hydrogen (secondary N) is 1. The van der Waals surface area contributed by atoms with Crippen LogP contribution in [-0.2, 0) is 4.74 Å². The van der Waals surface area contributed by atoms with E-state index in [4.69, 9.17) is 10.5 Å². The lowest BCUT2D eigenvalue weighted by Crippen LogP contribution is -2.39. The molecule has 0 saturated carbocycles. The SMILES string of the molecule is CC1OCCC1NC(=O)c1sc2cnccc2c1N. The summed E-state index contributed by atoms with van der Waals surface area (Å²) in [7, 11) is 0. The lowest BCUT2D eigenvalue weighted by Gasteiger charge is -2.15. The average molecular weight is 277 g/mol. The molecule has 1 amide bonds. The van der Waals surface area contributed by atoms with Gasteiger partial charge in [-0.25, -0.2) is 0 Å². The van der Waals surface area contributed by atoms with Crippen molar-refractivity contribution < 1.29 is 9.53 Å². The van der Waals surface area contributed by atoms with Crippen molar-refractivity contribution in [3.05, 3.63) is 23.3 Å². The largest absolute Gasteiger partial charge is 0.397 e. The van der Waals surface area contributed by atoms with Crippen molar-refractivity contribution in [2.75, 3.05) is 12.3 Å². The van der Waals surface area contributed by atoms with Crippen molar-refractivity contribution in [1.29, 1.82) is 0 Å². The fourth-order valence-electron chi connectivity index (χ4n) is 2.29. The van der Waals surface area contributed by atoms with Crippen molar-refractivity contribution in [2.45, 2.75) is 25.5 Å². The Balaban J connectivity index is 1.87. The maximum Gasteiger partial charge on any atom is 0.263 e. The predicted octanol–water partition coefficient (Wildman–Crippen LogP) is 1.79. The molecule has 100 valence electrons. The number of thiophene rings is 1. The lowest BCUT2D eigenvalue weighted by molar-refractivity contribution is 0.0870. The van der Waals surface area contributed by atoms with Crippen LogP contribution in [0.3, 0.4) is 0 Å². The van der Waals surface area contributed by atoms with Gasteiger partial charge in [0.2, 0.25) is 0 Å². The Hall–Kier alpha value is -1.66. The second kappa shape index (κ2) is 4.79. The Labute approximate surface area is 114 Å². The summed E-state index contributed by atoms with van der Waals surface area (Å²) in [5.74, 6) is -0.124. The number of nitrogen functional groups attached to an aromatic ring is 1. The Kier molecular flexibility index (Phi) is 3.12. The van der Waals surface area contributed by atoms with Crippen LogP contribution in [0.4, 0.5) is 5.69 Å². The molecule has 2 aromatic heterocycles. The maximum absolute atomic E-state index is 12.3. The minimum atomic E-state index is -0.124. The van der Waals surface area contributed by atoms with E-state index in [2.05, 4.69) is 10.3 Å². The molecule has 0 aromatic carbocycles. The van der Waals surface area contributed by atoms with Gasteiger partial charge in [0.1, 0.15) is 4.88 Å². The van der Waals surface area contributed by atoms with E-state index < -0.39 is 0 Å². The molecule has 1 aliphatic heterocycles. The van der Waals surface area contributed by atoms with Crippen molar-refractivity contribution in [3.63, 3.8) is 0 Å². The maximum atomic E-state index is 12.3. The van der Waals surface area contributed by atoms with E-state index in [-0.39, 0.29) is 18.1 Å². The highest BCUT2D eigenvalue weighted by molar-refractivity contribution is 7.21. The summed E-state index contributed by atoms with van der Waals surface area (Å²) < 4.78 is 6.37. The summed E-state index contributed by atoms with van der Waals surface area (Å²) in [5, 5.41) is 3.88. The highest BCUT2D eigenvalue weighted by Gasteiger charge is 2.27. The number of hydrogen-bond acceptors (Lipinski definition) is 5. The summed E-state index contributed by atoms with van der Waals surface area (Å²) in [6.45, 7) is 2.66. The van der Waals surface area contributed by atoms with Crippen LogP contribution in [0.1, 0.15) is 23.0 Å². The van der Waals surface area contributed by atoms with E-state index in [1.165, 1.54) is 11.3 Å². The van der Waals surface area contributed by atoms with Crippen LogP contribution in [0, 0.1) is 0 Å². The summed E-state index contributed by atoms with van der Waals surface area (Å²) >= 11 is 1.38. The van der Waals surface area contributed by atoms with Gasteiger partial charge in [-0.05, 0) is 19.4 Å². The van der Waals surface area contributed by atoms with Gasteiger partial charge >= 0.3 is 0 Å². The van der Waals surface area contributed by atoms with Crippen LogP contribution in [-0.4, -0.2) is 29.6 Å². The third kappa shape index (κ3) is 2.17. The van der Waals surface area contributed by atoms with Crippen LogP contribution in [0.15, 0.2) is 18.5 Å². The number of aromatic nitrogens is 1. The van der Waals surface area contributed by atoms with E-state index in [0.29, 0.717) is 17.2 Å². The number of fused-ring (bicyclic) bond motifs is 1. The number of rotatable bonds is 2. The minimum absolute atomic E-state index is 0.0567. The first kappa shape index (κ1) is 12.4. The molecular weight excluding hydrogens is 262 g/mol. The third-order valence-corrected chi connectivity index (χ3v) is 4.58. The number of amides is 1. The molecule has 2 aromatic rings. The Morgan fingerprint density at radius 3 is 3.16 bits per heavy atom.